The molecule has 4 saturated heterocycles. The first kappa shape index (κ1) is 92.8. The number of thiol groups is 1. The molecule has 4 fully saturated rings. The van der Waals surface area contributed by atoms with Crippen LogP contribution >= 0.6 is 12.5 Å². The maximum atomic E-state index is 12.4. The third-order valence-electron chi connectivity index (χ3n) is 17.9. The molecule has 110 heavy (non-hydrogen) atoms. The Balaban J connectivity index is 0.000000273. The highest BCUT2D eigenvalue weighted by atomic mass is 32.2. The number of aliphatic carboxylic acids is 1. The maximum absolute atomic E-state index is 12.4. The molecule has 35 heteroatoms. The average Bonchev–Trinajstić information content (AvgIpc) is 1.68. The number of imidazole rings is 5. The minimum Gasteiger partial charge on any atom is -0.479 e. The van der Waals surface area contributed by atoms with Crippen LogP contribution in [0.5, 0.6) is 0 Å². The second-order valence-corrected chi connectivity index (χ2v) is 29.9. The lowest BCUT2D eigenvalue weighted by molar-refractivity contribution is -0.147. The van der Waals surface area contributed by atoms with Gasteiger partial charge in [0.15, 0.2) is 6.10 Å². The fraction of sp³-hybridized carbons (Fsp3) is 0.653. The molecule has 5 aromatic heterocycles. The Kier molecular flexibility index (Phi) is 41.8. The first-order valence-corrected chi connectivity index (χ1v) is 39.9. The van der Waals surface area contributed by atoms with Crippen LogP contribution in [-0.4, -0.2) is 247 Å². The molecule has 2 unspecified atom stereocenters. The second-order valence-electron chi connectivity index (χ2n) is 28.4. The molecule has 0 bridgehead atoms. The minimum atomic E-state index is -3.67. The van der Waals surface area contributed by atoms with Gasteiger partial charge in [-0.15, -0.1) is 0 Å². The van der Waals surface area contributed by atoms with Crippen LogP contribution in [0, 0.1) is 29.6 Å². The number of carboxylic acids is 1. The Morgan fingerprint density at radius 3 is 1.26 bits per heavy atom. The zero-order valence-electron chi connectivity index (χ0n) is 66.0. The molecule has 0 spiro atoms. The number of nitrogens with two attached hydrogens (primary N) is 1. The fourth-order valence-electron chi connectivity index (χ4n) is 12.7. The number of hydrogen-bond donors (Lipinski definition) is 12. The quantitative estimate of drug-likeness (QED) is 0.0235. The van der Waals surface area contributed by atoms with Gasteiger partial charge in [-0.3, -0.25) is 19.3 Å². The van der Waals surface area contributed by atoms with Crippen molar-refractivity contribution in [2.75, 3.05) is 98.1 Å². The monoisotopic (exact) mass is 1590 g/mol. The number of carbonyl (C=O) groups is 5. The zero-order chi connectivity index (χ0) is 80.9. The van der Waals surface area contributed by atoms with Crippen LogP contribution in [-0.2, 0) is 85.0 Å². The number of nitrogens with one attached hydrogen (secondary N) is 6. The molecule has 0 radical (unpaired) electrons. The number of aldehydes is 1. The molecule has 0 aliphatic carbocycles. The number of benzene rings is 1. The van der Waals surface area contributed by atoms with Crippen molar-refractivity contribution in [3.8, 4) is 0 Å². The molecule has 3 amide bonds. The van der Waals surface area contributed by atoms with Crippen LogP contribution in [0.25, 0.3) is 0 Å². The second kappa shape index (κ2) is 49.5. The van der Waals surface area contributed by atoms with Gasteiger partial charge in [-0.1, -0.05) is 107 Å². The number of amides is 3. The molecule has 6 aromatic rings. The van der Waals surface area contributed by atoms with E-state index >= 15 is 0 Å². The number of nitrogens with zero attached hydrogens (tertiary/aromatic N) is 8. The lowest BCUT2D eigenvalue weighted by Gasteiger charge is -2.36. The summed E-state index contributed by atoms with van der Waals surface area (Å²) in [5.41, 5.74) is 15.7. The van der Waals surface area contributed by atoms with Crippen LogP contribution in [0.15, 0.2) is 68.2 Å². The van der Waals surface area contributed by atoms with Crippen molar-refractivity contribution in [1.82, 2.24) is 69.9 Å². The summed E-state index contributed by atoms with van der Waals surface area (Å²) in [6.45, 7) is 29.4. The van der Waals surface area contributed by atoms with Gasteiger partial charge in [-0.05, 0) is 48.5 Å². The van der Waals surface area contributed by atoms with Crippen molar-refractivity contribution in [3.63, 3.8) is 0 Å². The molecule has 1 aromatic carbocycles. The first-order valence-electron chi connectivity index (χ1n) is 37.6. The van der Waals surface area contributed by atoms with E-state index in [-0.39, 0.29) is 74.2 Å². The zero-order valence-corrected chi connectivity index (χ0v) is 66.7. The van der Waals surface area contributed by atoms with Gasteiger partial charge in [0.1, 0.15) is 25.7 Å². The van der Waals surface area contributed by atoms with Crippen molar-refractivity contribution in [3.05, 3.63) is 125 Å². The van der Waals surface area contributed by atoms with Gasteiger partial charge in [-0.2, -0.15) is 21.0 Å². The smallest absolute Gasteiger partial charge is 0.410 e. The Labute approximate surface area is 654 Å². The minimum absolute atomic E-state index is 0. The number of hydrogen-bond acceptors (Lipinski definition) is 24. The van der Waals surface area contributed by atoms with Gasteiger partial charge < -0.3 is 89.2 Å². The standard InChI is InChI=1S/3C14H21N3O3.C9H15N3.C8H8O3.C5H9N3.C4H8O2.C4H8O.CH4O3S.CH4S.CH4/c3*1-9(2)13-12-11(15-8-16-12)3-5-17(13)14(18)20-10-4-6-19-7-10;1-6(2)8-9-7(3-4-10-8)11-5-12-9;9-7(8(10)11)6-4-2-1-3-5-6;6-2-1-5-3-7-4-8-5;5-4-1-2-6-3-4;1-4(2)3-5;1-5(2,3)4;1-2;/h3*8-10,13H,3-7H2,1-2H3,(H,15,16);5-6,8,10H,3-4H2,1-2H3,(H,11,12);1-5,7,9H,(H,10,11);3-4H,1-2,6H2,(H,7,8);4-5H,1-3H2;3-4H,1-2H3;1H3,(H,2,3,4);2H,1H3;1H4/t10-,13?;2*10-,13-;;7-;;4-;;;;/m000.1.0..../s1/i/hD. The Morgan fingerprint density at radius 2 is 0.982 bits per heavy atom. The largest absolute Gasteiger partial charge is 0.479 e. The molecular weight excluding hydrogens is 1460 g/mol. The molecule has 33 nitrogen and oxygen atoms in total. The Bertz CT molecular complexity index is 3450. The number of carbonyl (C=O) groups excluding carboxylic acids is 4. The van der Waals surface area contributed by atoms with Crippen LogP contribution in [0.3, 0.4) is 0 Å². The predicted octanol–water partition coefficient (Wildman–Crippen LogP) is 8.93. The van der Waals surface area contributed by atoms with Gasteiger partial charge in [0.25, 0.3) is 10.1 Å². The van der Waals surface area contributed by atoms with E-state index in [0.29, 0.717) is 114 Å². The van der Waals surface area contributed by atoms with E-state index in [1.807, 2.05) is 28.5 Å². The van der Waals surface area contributed by atoms with Crippen molar-refractivity contribution in [1.29, 1.82) is 1.12 Å². The fourth-order valence-corrected chi connectivity index (χ4v) is 12.7. The number of fused-ring (bicyclic) bond motifs is 4. The topological polar surface area (TPSA) is 456 Å². The van der Waals surface area contributed by atoms with Crippen LogP contribution < -0.4 is 11.1 Å². The summed E-state index contributed by atoms with van der Waals surface area (Å²) in [5, 5.41) is 29.5. The number of aliphatic hydroxyl groups is 2. The molecule has 9 atom stereocenters. The summed E-state index contributed by atoms with van der Waals surface area (Å²) < 4.78 is 69.2. The molecular formula is C75H123N15O18S2. The summed E-state index contributed by atoms with van der Waals surface area (Å²) in [6.07, 6.45) is 18.7. The Morgan fingerprint density at radius 1 is 0.618 bits per heavy atom. The molecule has 618 valence electrons. The number of aromatic amines is 5. The highest BCUT2D eigenvalue weighted by molar-refractivity contribution is 7.85. The van der Waals surface area contributed by atoms with E-state index < -0.39 is 22.2 Å². The molecule has 14 rings (SSSR count). The summed E-state index contributed by atoms with van der Waals surface area (Å²) in [5.74, 6) is 0.484. The first-order chi connectivity index (χ1) is 52.5. The number of ether oxygens (including phenoxy) is 7. The van der Waals surface area contributed by atoms with E-state index in [9.17, 15) is 32.4 Å². The van der Waals surface area contributed by atoms with Crippen LogP contribution in [0.1, 0.15) is 189 Å². The predicted molar refractivity (Wildman–Crippen MR) is 417 cm³/mol. The maximum Gasteiger partial charge on any atom is 0.410 e. The number of aromatic nitrogens is 10. The van der Waals surface area contributed by atoms with Gasteiger partial charge in [0.2, 0.25) is 0 Å². The lowest BCUT2D eigenvalue weighted by atomic mass is 9.93. The summed E-state index contributed by atoms with van der Waals surface area (Å²) in [6, 6.07) is 8.66. The van der Waals surface area contributed by atoms with E-state index in [4.69, 9.17) is 59.9 Å². The SMILES string of the molecule is C.CC(C)C1NCCc2[nH]cnc21.CC(C)C1c2nc[nH]c2CCN1C(=O)O[C@H]1CCOC1.CC(C)C=O.CC(C)[C@H]1c2nc[nH]c2CCN1C(=O)O[C@H]1CCOC1.CC(C)[C@H]1c2nc[nH]c2CCN1C(=O)O[C@H]1CCOC1.CS(=O)(=O)O.NCCc1cnc[nH]1.O=C(O)[C@H](O)c1ccccc1.O[C@H]1CCOC1.[2H]SC. The molecule has 13 heterocycles. The van der Waals surface area contributed by atoms with Crippen molar-refractivity contribution in [2.24, 2.45) is 35.3 Å². The van der Waals surface area contributed by atoms with Gasteiger partial charge >= 0.3 is 24.2 Å². The van der Waals surface area contributed by atoms with Gasteiger partial charge in [-0.25, -0.2) is 44.1 Å². The van der Waals surface area contributed by atoms with Gasteiger partial charge in [0, 0.05) is 125 Å². The molecule has 0 saturated carbocycles. The average molecular weight is 1590 g/mol. The highest BCUT2D eigenvalue weighted by Gasteiger charge is 2.40. The summed E-state index contributed by atoms with van der Waals surface area (Å²) in [7, 11) is -3.67. The van der Waals surface area contributed by atoms with Crippen molar-refractivity contribution in [2.45, 2.75) is 189 Å². The van der Waals surface area contributed by atoms with Crippen molar-refractivity contribution < 1.29 is 85.4 Å². The lowest BCUT2D eigenvalue weighted by Crippen LogP contribution is -2.43. The van der Waals surface area contributed by atoms with E-state index in [0.717, 1.165) is 130 Å². The van der Waals surface area contributed by atoms with E-state index in [1.165, 1.54) is 11.4 Å². The van der Waals surface area contributed by atoms with Crippen LogP contribution in [0.2, 0.25) is 0 Å². The van der Waals surface area contributed by atoms with Crippen molar-refractivity contribution >= 4 is 53.2 Å². The summed E-state index contributed by atoms with van der Waals surface area (Å²) in [4.78, 5) is 99.4. The molecule has 8 aliphatic rings. The number of rotatable bonds is 12. The number of H-pyrrole nitrogens is 5. The number of carboxylic acid groups (broad SMARTS) is 1. The molecule has 8 aliphatic heterocycles. The highest BCUT2D eigenvalue weighted by Crippen LogP contribution is 2.37. The normalized spacial score (nSPS) is 21.5. The molecule has 12 N–H and O–H groups in total. The van der Waals surface area contributed by atoms with Gasteiger partial charge in [0.05, 0.1) is 137 Å². The van der Waals surface area contributed by atoms with Crippen LogP contribution in [0.4, 0.5) is 14.4 Å². The number of aliphatic hydroxyl groups excluding tert-OH is 2. The van der Waals surface area contributed by atoms with E-state index in [1.54, 1.807) is 74.4 Å². The van der Waals surface area contributed by atoms with E-state index in [2.05, 4.69) is 111 Å². The Hall–Kier alpha value is -7.84. The third kappa shape index (κ3) is 31.4. The summed E-state index contributed by atoms with van der Waals surface area (Å²) >= 11 is 1.000. The third-order valence-corrected chi connectivity index (χ3v) is 17.9.